The third kappa shape index (κ3) is 1.28. The first-order chi connectivity index (χ1) is 6.74. The number of hydrogen-bond acceptors (Lipinski definition) is 3. The standard InChI is InChI=1S/C10H14N4/c1-7(6-11)9-4-3-5-14-8(2)12-13-10(9)14/h3-5,7H,6,11H2,1-2H3. The molecule has 4 nitrogen and oxygen atoms in total. The van der Waals surface area contributed by atoms with Gasteiger partial charge in [0, 0.05) is 11.8 Å². The number of pyridine rings is 1. The highest BCUT2D eigenvalue weighted by Crippen LogP contribution is 2.18. The van der Waals surface area contributed by atoms with Crippen LogP contribution in [-0.2, 0) is 0 Å². The van der Waals surface area contributed by atoms with E-state index in [0.29, 0.717) is 12.5 Å². The summed E-state index contributed by atoms with van der Waals surface area (Å²) < 4.78 is 1.99. The van der Waals surface area contributed by atoms with E-state index in [9.17, 15) is 0 Å². The Morgan fingerprint density at radius 2 is 2.29 bits per heavy atom. The fourth-order valence-corrected chi connectivity index (χ4v) is 1.56. The molecule has 0 fully saturated rings. The summed E-state index contributed by atoms with van der Waals surface area (Å²) in [6.07, 6.45) is 1.97. The molecule has 4 heteroatoms. The minimum Gasteiger partial charge on any atom is -0.330 e. The molecular weight excluding hydrogens is 176 g/mol. The summed E-state index contributed by atoms with van der Waals surface area (Å²) in [5.74, 6) is 1.23. The molecule has 0 aliphatic heterocycles. The second kappa shape index (κ2) is 3.38. The van der Waals surface area contributed by atoms with E-state index in [1.807, 2.05) is 23.6 Å². The molecule has 0 saturated heterocycles. The Hall–Kier alpha value is -1.42. The first-order valence-corrected chi connectivity index (χ1v) is 4.74. The summed E-state index contributed by atoms with van der Waals surface area (Å²) in [7, 11) is 0. The molecule has 1 unspecified atom stereocenters. The molecule has 0 saturated carbocycles. The lowest BCUT2D eigenvalue weighted by atomic mass is 10.0. The second-order valence-electron chi connectivity index (χ2n) is 3.54. The van der Waals surface area contributed by atoms with Gasteiger partial charge < -0.3 is 5.73 Å². The van der Waals surface area contributed by atoms with Gasteiger partial charge in [0.25, 0.3) is 0 Å². The Balaban J connectivity index is 2.65. The van der Waals surface area contributed by atoms with Crippen molar-refractivity contribution in [1.82, 2.24) is 14.6 Å². The van der Waals surface area contributed by atoms with Gasteiger partial charge in [0.1, 0.15) is 5.82 Å². The number of fused-ring (bicyclic) bond motifs is 1. The van der Waals surface area contributed by atoms with Crippen molar-refractivity contribution < 1.29 is 0 Å². The molecule has 0 amide bonds. The third-order valence-corrected chi connectivity index (χ3v) is 2.52. The summed E-state index contributed by atoms with van der Waals surface area (Å²) in [6, 6.07) is 4.06. The van der Waals surface area contributed by atoms with Gasteiger partial charge in [-0.1, -0.05) is 13.0 Å². The average molecular weight is 190 g/mol. The Bertz CT molecular complexity index is 446. The molecule has 1 atom stereocenters. The molecule has 14 heavy (non-hydrogen) atoms. The van der Waals surface area contributed by atoms with Crippen LogP contribution in [0.2, 0.25) is 0 Å². The van der Waals surface area contributed by atoms with Gasteiger partial charge >= 0.3 is 0 Å². The lowest BCUT2D eigenvalue weighted by Crippen LogP contribution is -2.10. The molecule has 0 aliphatic carbocycles. The van der Waals surface area contributed by atoms with Crippen molar-refractivity contribution in [2.24, 2.45) is 5.73 Å². The van der Waals surface area contributed by atoms with Crippen molar-refractivity contribution in [3.05, 3.63) is 29.7 Å². The van der Waals surface area contributed by atoms with Crippen LogP contribution in [0.1, 0.15) is 24.2 Å². The summed E-state index contributed by atoms with van der Waals surface area (Å²) >= 11 is 0. The largest absolute Gasteiger partial charge is 0.330 e. The SMILES string of the molecule is Cc1nnc2c(C(C)CN)cccn12. The zero-order chi connectivity index (χ0) is 10.1. The zero-order valence-electron chi connectivity index (χ0n) is 8.44. The van der Waals surface area contributed by atoms with E-state index in [1.54, 1.807) is 0 Å². The number of rotatable bonds is 2. The minimum atomic E-state index is 0.322. The number of aryl methyl sites for hydroxylation is 1. The summed E-state index contributed by atoms with van der Waals surface area (Å²) in [4.78, 5) is 0. The molecule has 2 N–H and O–H groups in total. The Labute approximate surface area is 82.8 Å². The normalized spacial score (nSPS) is 13.4. The molecule has 2 aromatic heterocycles. The highest BCUT2D eigenvalue weighted by molar-refractivity contribution is 5.49. The second-order valence-corrected chi connectivity index (χ2v) is 3.54. The maximum absolute atomic E-state index is 5.64. The van der Waals surface area contributed by atoms with Gasteiger partial charge in [0.05, 0.1) is 0 Å². The molecule has 2 aromatic rings. The quantitative estimate of drug-likeness (QED) is 0.771. The molecule has 74 valence electrons. The molecule has 0 aromatic carbocycles. The summed E-state index contributed by atoms with van der Waals surface area (Å²) in [6.45, 7) is 4.67. The molecular formula is C10H14N4. The minimum absolute atomic E-state index is 0.322. The van der Waals surface area contributed by atoms with Gasteiger partial charge in [-0.25, -0.2) is 0 Å². The van der Waals surface area contributed by atoms with Crippen LogP contribution < -0.4 is 5.73 Å². The predicted octanol–water partition coefficient (Wildman–Crippen LogP) is 1.10. The van der Waals surface area contributed by atoms with Crippen LogP contribution >= 0.6 is 0 Å². The van der Waals surface area contributed by atoms with Crippen molar-refractivity contribution in [2.75, 3.05) is 6.54 Å². The van der Waals surface area contributed by atoms with E-state index in [2.05, 4.69) is 23.2 Å². The van der Waals surface area contributed by atoms with Crippen LogP contribution in [0.3, 0.4) is 0 Å². The van der Waals surface area contributed by atoms with E-state index in [0.717, 1.165) is 17.0 Å². The number of aromatic nitrogens is 3. The van der Waals surface area contributed by atoms with Crippen molar-refractivity contribution in [3.63, 3.8) is 0 Å². The van der Waals surface area contributed by atoms with E-state index >= 15 is 0 Å². The van der Waals surface area contributed by atoms with Gasteiger partial charge in [-0.05, 0) is 25.5 Å². The van der Waals surface area contributed by atoms with E-state index in [-0.39, 0.29) is 0 Å². The van der Waals surface area contributed by atoms with E-state index in [4.69, 9.17) is 5.73 Å². The van der Waals surface area contributed by atoms with Crippen molar-refractivity contribution in [2.45, 2.75) is 19.8 Å². The lowest BCUT2D eigenvalue weighted by molar-refractivity contribution is 0.773. The van der Waals surface area contributed by atoms with Crippen LogP contribution in [0.25, 0.3) is 5.65 Å². The van der Waals surface area contributed by atoms with Crippen molar-refractivity contribution in [3.8, 4) is 0 Å². The van der Waals surface area contributed by atoms with Gasteiger partial charge in [0.2, 0.25) is 0 Å². The highest BCUT2D eigenvalue weighted by atomic mass is 15.2. The molecule has 0 spiro atoms. The smallest absolute Gasteiger partial charge is 0.164 e. The van der Waals surface area contributed by atoms with Crippen LogP contribution in [-0.4, -0.2) is 21.1 Å². The monoisotopic (exact) mass is 190 g/mol. The van der Waals surface area contributed by atoms with Crippen LogP contribution in [0.5, 0.6) is 0 Å². The Morgan fingerprint density at radius 3 is 3.00 bits per heavy atom. The number of hydrogen-bond donors (Lipinski definition) is 1. The summed E-state index contributed by atoms with van der Waals surface area (Å²) in [5, 5.41) is 8.19. The molecule has 2 heterocycles. The Kier molecular flexibility index (Phi) is 2.21. The maximum Gasteiger partial charge on any atom is 0.164 e. The summed E-state index contributed by atoms with van der Waals surface area (Å²) in [5.41, 5.74) is 7.73. The van der Waals surface area contributed by atoms with E-state index < -0.39 is 0 Å². The van der Waals surface area contributed by atoms with Crippen LogP contribution in [0.15, 0.2) is 18.3 Å². The molecule has 2 rings (SSSR count). The van der Waals surface area contributed by atoms with Crippen molar-refractivity contribution in [1.29, 1.82) is 0 Å². The maximum atomic E-state index is 5.64. The van der Waals surface area contributed by atoms with Gasteiger partial charge in [-0.3, -0.25) is 4.40 Å². The predicted molar refractivity (Wildman–Crippen MR) is 55.2 cm³/mol. The van der Waals surface area contributed by atoms with Crippen LogP contribution in [0.4, 0.5) is 0 Å². The number of nitrogens with two attached hydrogens (primary N) is 1. The Morgan fingerprint density at radius 1 is 1.50 bits per heavy atom. The third-order valence-electron chi connectivity index (χ3n) is 2.52. The first-order valence-electron chi connectivity index (χ1n) is 4.74. The zero-order valence-corrected chi connectivity index (χ0v) is 8.44. The highest BCUT2D eigenvalue weighted by Gasteiger charge is 2.10. The topological polar surface area (TPSA) is 56.2 Å². The number of nitrogens with zero attached hydrogens (tertiary/aromatic N) is 3. The van der Waals surface area contributed by atoms with Crippen LogP contribution in [0, 0.1) is 6.92 Å². The van der Waals surface area contributed by atoms with Gasteiger partial charge in [-0.15, -0.1) is 10.2 Å². The van der Waals surface area contributed by atoms with E-state index in [1.165, 1.54) is 0 Å². The van der Waals surface area contributed by atoms with Gasteiger partial charge in [0.15, 0.2) is 5.65 Å². The lowest BCUT2D eigenvalue weighted by Gasteiger charge is -2.09. The molecule has 0 bridgehead atoms. The molecule has 0 radical (unpaired) electrons. The van der Waals surface area contributed by atoms with Crippen molar-refractivity contribution >= 4 is 5.65 Å². The fourth-order valence-electron chi connectivity index (χ4n) is 1.56. The fraction of sp³-hybridized carbons (Fsp3) is 0.400. The first kappa shape index (κ1) is 9.15. The van der Waals surface area contributed by atoms with Gasteiger partial charge in [-0.2, -0.15) is 0 Å². The molecule has 0 aliphatic rings. The average Bonchev–Trinajstić information content (AvgIpc) is 2.59.